The molecule has 180 valence electrons. The van der Waals surface area contributed by atoms with Crippen molar-refractivity contribution >= 4 is 14.3 Å². The standard InChI is InChI=1S/C26H48O4Si/c1-19(2)31(20(3)4,21(5)6)29-18-25-26(10,30-25)16-12-15-22(7)13-11-14-23(8)17-28-24(9)27/h14-15,19-21,25H,11-13,16-18H2,1-10H3/b22-15+,23-14+/t25-,26-/m0/s1. The van der Waals surface area contributed by atoms with Gasteiger partial charge in [-0.15, -0.1) is 0 Å². The molecule has 0 radical (unpaired) electrons. The Morgan fingerprint density at radius 2 is 1.52 bits per heavy atom. The molecule has 2 atom stereocenters. The quantitative estimate of drug-likeness (QED) is 0.120. The van der Waals surface area contributed by atoms with Crippen LogP contribution in [0.4, 0.5) is 0 Å². The van der Waals surface area contributed by atoms with E-state index in [0.717, 1.165) is 37.9 Å². The Balaban J connectivity index is 2.43. The fourth-order valence-electron chi connectivity index (χ4n) is 4.97. The van der Waals surface area contributed by atoms with E-state index in [4.69, 9.17) is 13.9 Å². The maximum atomic E-state index is 10.9. The number of hydrogen-bond donors (Lipinski definition) is 0. The number of esters is 1. The summed E-state index contributed by atoms with van der Waals surface area (Å²) in [6, 6.07) is 0. The summed E-state index contributed by atoms with van der Waals surface area (Å²) in [6.07, 6.45) is 8.83. The number of ether oxygens (including phenoxy) is 2. The normalized spacial score (nSPS) is 22.5. The number of rotatable bonds is 14. The summed E-state index contributed by atoms with van der Waals surface area (Å²) >= 11 is 0. The van der Waals surface area contributed by atoms with E-state index in [2.05, 4.69) is 67.5 Å². The van der Waals surface area contributed by atoms with Gasteiger partial charge in [0, 0.05) is 6.92 Å². The predicted octanol–water partition coefficient (Wildman–Crippen LogP) is 7.35. The van der Waals surface area contributed by atoms with Gasteiger partial charge in [-0.25, -0.2) is 0 Å². The van der Waals surface area contributed by atoms with Gasteiger partial charge in [0.2, 0.25) is 0 Å². The van der Waals surface area contributed by atoms with Gasteiger partial charge in [-0.1, -0.05) is 59.3 Å². The van der Waals surface area contributed by atoms with Crippen molar-refractivity contribution in [2.75, 3.05) is 13.2 Å². The molecule has 1 aliphatic rings. The number of hydrogen-bond acceptors (Lipinski definition) is 4. The first-order valence-corrected chi connectivity index (χ1v) is 14.3. The van der Waals surface area contributed by atoms with E-state index in [-0.39, 0.29) is 17.7 Å². The summed E-state index contributed by atoms with van der Waals surface area (Å²) in [6.45, 7) is 23.0. The minimum absolute atomic E-state index is 0.0393. The summed E-state index contributed by atoms with van der Waals surface area (Å²) in [4.78, 5) is 10.9. The van der Waals surface area contributed by atoms with Crippen LogP contribution >= 0.6 is 0 Å². The average molecular weight is 453 g/mol. The van der Waals surface area contributed by atoms with Crippen molar-refractivity contribution in [1.29, 1.82) is 0 Å². The second-order valence-electron chi connectivity index (χ2n) is 10.5. The van der Waals surface area contributed by atoms with Gasteiger partial charge in [-0.2, -0.15) is 0 Å². The zero-order chi connectivity index (χ0) is 23.8. The van der Waals surface area contributed by atoms with Crippen molar-refractivity contribution in [2.24, 2.45) is 0 Å². The number of allylic oxidation sites excluding steroid dienone is 3. The van der Waals surface area contributed by atoms with Crippen LogP contribution in [-0.4, -0.2) is 39.2 Å². The predicted molar refractivity (Wildman–Crippen MR) is 133 cm³/mol. The number of carbonyl (C=O) groups excluding carboxylic acids is 1. The monoisotopic (exact) mass is 452 g/mol. The molecule has 0 bridgehead atoms. The molecular weight excluding hydrogens is 404 g/mol. The largest absolute Gasteiger partial charge is 0.461 e. The van der Waals surface area contributed by atoms with Crippen molar-refractivity contribution in [3.05, 3.63) is 23.3 Å². The Labute approximate surface area is 192 Å². The van der Waals surface area contributed by atoms with E-state index in [1.54, 1.807) is 0 Å². The molecule has 0 aromatic rings. The van der Waals surface area contributed by atoms with Crippen molar-refractivity contribution in [2.45, 2.75) is 123 Å². The van der Waals surface area contributed by atoms with Gasteiger partial charge in [0.05, 0.1) is 12.2 Å². The van der Waals surface area contributed by atoms with Crippen LogP contribution in [0, 0.1) is 0 Å². The van der Waals surface area contributed by atoms with Crippen LogP contribution in [0.25, 0.3) is 0 Å². The average Bonchev–Trinajstić information content (AvgIpc) is 3.29. The molecule has 1 fully saturated rings. The van der Waals surface area contributed by atoms with Crippen LogP contribution in [0.2, 0.25) is 16.6 Å². The third kappa shape index (κ3) is 8.51. The highest BCUT2D eigenvalue weighted by Crippen LogP contribution is 2.46. The highest BCUT2D eigenvalue weighted by molar-refractivity contribution is 6.77. The maximum absolute atomic E-state index is 10.9. The van der Waals surface area contributed by atoms with Crippen molar-refractivity contribution in [3.8, 4) is 0 Å². The molecule has 0 spiro atoms. The Morgan fingerprint density at radius 3 is 2.03 bits per heavy atom. The summed E-state index contributed by atoms with van der Waals surface area (Å²) in [5.41, 5.74) is 4.29. The molecule has 1 heterocycles. The molecule has 0 aliphatic carbocycles. The fraction of sp³-hybridized carbons (Fsp3) is 0.808. The second kappa shape index (κ2) is 12.4. The maximum Gasteiger partial charge on any atom is 0.302 e. The van der Waals surface area contributed by atoms with Gasteiger partial charge in [-0.05, 0) is 68.7 Å². The summed E-state index contributed by atoms with van der Waals surface area (Å²) in [7, 11) is -1.82. The first-order valence-electron chi connectivity index (χ1n) is 12.1. The lowest BCUT2D eigenvalue weighted by Crippen LogP contribution is -2.48. The van der Waals surface area contributed by atoms with Crippen molar-refractivity contribution in [3.63, 3.8) is 0 Å². The van der Waals surface area contributed by atoms with Gasteiger partial charge in [0.1, 0.15) is 12.7 Å². The molecule has 0 aromatic heterocycles. The van der Waals surface area contributed by atoms with Crippen LogP contribution in [0.5, 0.6) is 0 Å². The molecule has 4 nitrogen and oxygen atoms in total. The van der Waals surface area contributed by atoms with E-state index < -0.39 is 8.32 Å². The SMILES string of the molecule is CC(=O)OC/C(C)=C/CC/C(C)=C/CC[C@]1(C)O[C@H]1CO[Si](C(C)C)(C(C)C)C(C)C. The molecule has 1 rings (SSSR count). The molecule has 0 unspecified atom stereocenters. The molecule has 5 heteroatoms. The Kier molecular flexibility index (Phi) is 11.2. The molecule has 0 saturated carbocycles. The van der Waals surface area contributed by atoms with E-state index in [9.17, 15) is 4.79 Å². The summed E-state index contributed by atoms with van der Waals surface area (Å²) in [5, 5.41) is 0. The van der Waals surface area contributed by atoms with Gasteiger partial charge < -0.3 is 13.9 Å². The van der Waals surface area contributed by atoms with E-state index >= 15 is 0 Å². The van der Waals surface area contributed by atoms with Crippen LogP contribution < -0.4 is 0 Å². The number of carbonyl (C=O) groups is 1. The van der Waals surface area contributed by atoms with Gasteiger partial charge in [-0.3, -0.25) is 4.79 Å². The van der Waals surface area contributed by atoms with E-state index in [0.29, 0.717) is 23.2 Å². The van der Waals surface area contributed by atoms with Crippen LogP contribution in [0.3, 0.4) is 0 Å². The van der Waals surface area contributed by atoms with Crippen LogP contribution in [-0.2, 0) is 18.7 Å². The Hall–Kier alpha value is -0.913. The van der Waals surface area contributed by atoms with E-state index in [1.165, 1.54) is 12.5 Å². The van der Waals surface area contributed by atoms with Crippen LogP contribution in [0.15, 0.2) is 23.3 Å². The van der Waals surface area contributed by atoms with Crippen molar-refractivity contribution in [1.82, 2.24) is 0 Å². The fourth-order valence-corrected chi connectivity index (χ4v) is 10.4. The van der Waals surface area contributed by atoms with E-state index in [1.807, 2.05) is 6.92 Å². The van der Waals surface area contributed by atoms with Gasteiger partial charge in [0.25, 0.3) is 0 Å². The third-order valence-corrected chi connectivity index (χ3v) is 13.0. The first-order chi connectivity index (χ1) is 14.3. The lowest BCUT2D eigenvalue weighted by molar-refractivity contribution is -0.139. The number of epoxide rings is 1. The lowest BCUT2D eigenvalue weighted by Gasteiger charge is -2.42. The molecule has 0 aromatic carbocycles. The minimum atomic E-state index is -1.82. The highest BCUT2D eigenvalue weighted by Gasteiger charge is 2.54. The molecule has 0 amide bonds. The summed E-state index contributed by atoms with van der Waals surface area (Å²) in [5.74, 6) is -0.228. The second-order valence-corrected chi connectivity index (χ2v) is 16.0. The smallest absolute Gasteiger partial charge is 0.302 e. The van der Waals surface area contributed by atoms with Gasteiger partial charge in [0.15, 0.2) is 8.32 Å². The van der Waals surface area contributed by atoms with Crippen molar-refractivity contribution < 1.29 is 18.7 Å². The first kappa shape index (κ1) is 28.1. The zero-order valence-corrected chi connectivity index (χ0v) is 22.8. The van der Waals surface area contributed by atoms with Gasteiger partial charge >= 0.3 is 5.97 Å². The molecule has 0 N–H and O–H groups in total. The Bertz CT molecular complexity index is 614. The highest BCUT2D eigenvalue weighted by atomic mass is 28.4. The molecule has 1 aliphatic heterocycles. The third-order valence-electron chi connectivity index (χ3n) is 6.90. The molecular formula is C26H48O4Si. The molecule has 31 heavy (non-hydrogen) atoms. The minimum Gasteiger partial charge on any atom is -0.461 e. The van der Waals surface area contributed by atoms with Crippen LogP contribution in [0.1, 0.15) is 94.9 Å². The zero-order valence-electron chi connectivity index (χ0n) is 21.8. The molecule has 1 saturated heterocycles. The topological polar surface area (TPSA) is 48.1 Å². The Morgan fingerprint density at radius 1 is 0.968 bits per heavy atom. The summed E-state index contributed by atoms with van der Waals surface area (Å²) < 4.78 is 17.8. The lowest BCUT2D eigenvalue weighted by atomic mass is 10.00.